The standard InChI is InChI=1S/C15H29N3O/c1-7-9-16-14(8-2)15-12(4)17-18(13(15)5)11(3)10-19-6/h11,14,16H,7-10H2,1-6H3. The summed E-state index contributed by atoms with van der Waals surface area (Å²) >= 11 is 0. The number of rotatable bonds is 8. The van der Waals surface area contributed by atoms with Gasteiger partial charge in [-0.05, 0) is 40.2 Å². The van der Waals surface area contributed by atoms with Crippen molar-refractivity contribution in [3.8, 4) is 0 Å². The molecular weight excluding hydrogens is 238 g/mol. The van der Waals surface area contributed by atoms with E-state index in [1.165, 1.54) is 11.3 Å². The predicted octanol–water partition coefficient (Wildman–Crippen LogP) is 3.16. The fraction of sp³-hybridized carbons (Fsp3) is 0.800. The lowest BCUT2D eigenvalue weighted by molar-refractivity contribution is 0.156. The van der Waals surface area contributed by atoms with Crippen molar-refractivity contribution < 1.29 is 4.74 Å². The molecule has 1 rings (SSSR count). The van der Waals surface area contributed by atoms with Crippen LogP contribution < -0.4 is 5.32 Å². The molecule has 0 fully saturated rings. The first-order valence-corrected chi connectivity index (χ1v) is 7.34. The molecule has 1 N–H and O–H groups in total. The molecule has 0 aliphatic carbocycles. The zero-order chi connectivity index (χ0) is 14.4. The maximum atomic E-state index is 5.24. The number of hydrogen-bond donors (Lipinski definition) is 1. The number of aryl methyl sites for hydroxylation is 1. The van der Waals surface area contributed by atoms with E-state index in [2.05, 4.69) is 44.6 Å². The average Bonchev–Trinajstić information content (AvgIpc) is 2.68. The van der Waals surface area contributed by atoms with Gasteiger partial charge in [0, 0.05) is 24.4 Å². The molecule has 0 aliphatic heterocycles. The monoisotopic (exact) mass is 267 g/mol. The Morgan fingerprint density at radius 1 is 1.32 bits per heavy atom. The van der Waals surface area contributed by atoms with E-state index in [0.29, 0.717) is 12.6 Å². The highest BCUT2D eigenvalue weighted by Crippen LogP contribution is 2.26. The van der Waals surface area contributed by atoms with Gasteiger partial charge in [-0.25, -0.2) is 0 Å². The first-order valence-electron chi connectivity index (χ1n) is 7.34. The molecule has 0 aliphatic rings. The summed E-state index contributed by atoms with van der Waals surface area (Å²) in [6.45, 7) is 12.6. The Balaban J connectivity index is 3.00. The summed E-state index contributed by atoms with van der Waals surface area (Å²) in [5.41, 5.74) is 3.76. The smallest absolute Gasteiger partial charge is 0.0727 e. The van der Waals surface area contributed by atoms with Crippen LogP contribution in [0.3, 0.4) is 0 Å². The molecule has 0 saturated heterocycles. The molecular formula is C15H29N3O. The van der Waals surface area contributed by atoms with E-state index in [9.17, 15) is 0 Å². The second kappa shape index (κ2) is 7.65. The van der Waals surface area contributed by atoms with Gasteiger partial charge in [0.25, 0.3) is 0 Å². The second-order valence-corrected chi connectivity index (χ2v) is 5.25. The molecule has 0 spiro atoms. The van der Waals surface area contributed by atoms with Gasteiger partial charge in [-0.3, -0.25) is 4.68 Å². The Labute approximate surface area is 117 Å². The van der Waals surface area contributed by atoms with E-state index in [-0.39, 0.29) is 6.04 Å². The fourth-order valence-electron chi connectivity index (χ4n) is 2.69. The number of methoxy groups -OCH3 is 1. The van der Waals surface area contributed by atoms with Gasteiger partial charge in [0.05, 0.1) is 18.3 Å². The summed E-state index contributed by atoms with van der Waals surface area (Å²) in [4.78, 5) is 0. The van der Waals surface area contributed by atoms with Crippen LogP contribution >= 0.6 is 0 Å². The van der Waals surface area contributed by atoms with Crippen LogP contribution in [0.2, 0.25) is 0 Å². The van der Waals surface area contributed by atoms with Crippen molar-refractivity contribution in [1.29, 1.82) is 0 Å². The van der Waals surface area contributed by atoms with Gasteiger partial charge in [0.15, 0.2) is 0 Å². The lowest BCUT2D eigenvalue weighted by atomic mass is 10.0. The average molecular weight is 267 g/mol. The van der Waals surface area contributed by atoms with Crippen molar-refractivity contribution in [3.05, 3.63) is 17.0 Å². The molecule has 0 bridgehead atoms. The Bertz CT molecular complexity index is 387. The van der Waals surface area contributed by atoms with E-state index >= 15 is 0 Å². The molecule has 19 heavy (non-hydrogen) atoms. The van der Waals surface area contributed by atoms with Crippen molar-refractivity contribution in [3.63, 3.8) is 0 Å². The molecule has 1 aromatic rings. The topological polar surface area (TPSA) is 39.1 Å². The van der Waals surface area contributed by atoms with Gasteiger partial charge in [-0.1, -0.05) is 13.8 Å². The second-order valence-electron chi connectivity index (χ2n) is 5.25. The van der Waals surface area contributed by atoms with E-state index < -0.39 is 0 Å². The Morgan fingerprint density at radius 3 is 2.53 bits per heavy atom. The van der Waals surface area contributed by atoms with Crippen LogP contribution in [0, 0.1) is 13.8 Å². The van der Waals surface area contributed by atoms with Gasteiger partial charge in [-0.15, -0.1) is 0 Å². The lowest BCUT2D eigenvalue weighted by Crippen LogP contribution is -2.23. The molecule has 4 nitrogen and oxygen atoms in total. The van der Waals surface area contributed by atoms with Gasteiger partial charge in [-0.2, -0.15) is 5.10 Å². The molecule has 0 radical (unpaired) electrons. The highest BCUT2D eigenvalue weighted by molar-refractivity contribution is 5.28. The molecule has 0 amide bonds. The number of aromatic nitrogens is 2. The first-order chi connectivity index (χ1) is 9.06. The lowest BCUT2D eigenvalue weighted by Gasteiger charge is -2.18. The molecule has 0 aromatic carbocycles. The van der Waals surface area contributed by atoms with Crippen molar-refractivity contribution >= 4 is 0 Å². The summed E-state index contributed by atoms with van der Waals surface area (Å²) < 4.78 is 7.34. The normalized spacial score (nSPS) is 14.6. The van der Waals surface area contributed by atoms with Gasteiger partial charge in [0.1, 0.15) is 0 Å². The molecule has 2 atom stereocenters. The van der Waals surface area contributed by atoms with Gasteiger partial charge >= 0.3 is 0 Å². The third-order valence-corrected chi connectivity index (χ3v) is 3.60. The van der Waals surface area contributed by atoms with Crippen LogP contribution in [0.1, 0.15) is 62.6 Å². The zero-order valence-corrected chi connectivity index (χ0v) is 13.3. The number of nitrogens with zero attached hydrogens (tertiary/aromatic N) is 2. The van der Waals surface area contributed by atoms with Crippen molar-refractivity contribution in [1.82, 2.24) is 15.1 Å². The van der Waals surface area contributed by atoms with Gasteiger partial charge in [0.2, 0.25) is 0 Å². The van der Waals surface area contributed by atoms with Gasteiger partial charge < -0.3 is 10.1 Å². The van der Waals surface area contributed by atoms with Crippen LogP contribution in [0.25, 0.3) is 0 Å². The molecule has 1 heterocycles. The van der Waals surface area contributed by atoms with Crippen molar-refractivity contribution in [2.24, 2.45) is 0 Å². The highest BCUT2D eigenvalue weighted by atomic mass is 16.5. The van der Waals surface area contributed by atoms with Crippen LogP contribution in [0.4, 0.5) is 0 Å². The number of nitrogens with one attached hydrogen (secondary N) is 1. The Hall–Kier alpha value is -0.870. The van der Waals surface area contributed by atoms with Crippen molar-refractivity contribution in [2.45, 2.75) is 59.5 Å². The maximum Gasteiger partial charge on any atom is 0.0727 e. The minimum absolute atomic E-state index is 0.279. The number of ether oxygens (including phenoxy) is 1. The van der Waals surface area contributed by atoms with Crippen LogP contribution in [-0.4, -0.2) is 30.0 Å². The summed E-state index contributed by atoms with van der Waals surface area (Å²) in [5, 5.41) is 8.32. The highest BCUT2D eigenvalue weighted by Gasteiger charge is 2.21. The number of hydrogen-bond acceptors (Lipinski definition) is 3. The largest absolute Gasteiger partial charge is 0.382 e. The quantitative estimate of drug-likeness (QED) is 0.786. The molecule has 110 valence electrons. The first kappa shape index (κ1) is 16.2. The molecule has 1 aromatic heterocycles. The van der Waals surface area contributed by atoms with E-state index in [4.69, 9.17) is 9.84 Å². The van der Waals surface area contributed by atoms with Crippen LogP contribution in [-0.2, 0) is 4.74 Å². The fourth-order valence-corrected chi connectivity index (χ4v) is 2.69. The van der Waals surface area contributed by atoms with Crippen LogP contribution in [0.15, 0.2) is 0 Å². The maximum absolute atomic E-state index is 5.24. The zero-order valence-electron chi connectivity index (χ0n) is 13.3. The minimum Gasteiger partial charge on any atom is -0.382 e. The molecule has 4 heteroatoms. The van der Waals surface area contributed by atoms with Crippen LogP contribution in [0.5, 0.6) is 0 Å². The van der Waals surface area contributed by atoms with E-state index in [0.717, 1.165) is 25.1 Å². The third-order valence-electron chi connectivity index (χ3n) is 3.60. The summed E-state index contributed by atoms with van der Waals surface area (Å²) in [7, 11) is 1.74. The summed E-state index contributed by atoms with van der Waals surface area (Å²) in [6, 6.07) is 0.685. The minimum atomic E-state index is 0.279. The third kappa shape index (κ3) is 3.80. The summed E-state index contributed by atoms with van der Waals surface area (Å²) in [6.07, 6.45) is 2.24. The van der Waals surface area contributed by atoms with Crippen molar-refractivity contribution in [2.75, 3.05) is 20.3 Å². The predicted molar refractivity (Wildman–Crippen MR) is 79.6 cm³/mol. The summed E-state index contributed by atoms with van der Waals surface area (Å²) in [5.74, 6) is 0. The van der Waals surface area contributed by atoms with E-state index in [1.807, 2.05) is 0 Å². The Morgan fingerprint density at radius 2 is 2.00 bits per heavy atom. The Kier molecular flexibility index (Phi) is 6.52. The SMILES string of the molecule is CCCNC(CC)c1c(C)nn(C(C)COC)c1C. The van der Waals surface area contributed by atoms with E-state index in [1.54, 1.807) is 7.11 Å². The molecule has 2 unspecified atom stereocenters. The molecule has 0 saturated carbocycles.